The van der Waals surface area contributed by atoms with E-state index in [1.165, 1.54) is 0 Å². The number of hydrogen-bond donors (Lipinski definition) is 0. The van der Waals surface area contributed by atoms with Crippen molar-refractivity contribution in [3.63, 3.8) is 0 Å². The van der Waals surface area contributed by atoms with Crippen molar-refractivity contribution in [3.8, 4) is 5.75 Å². The van der Waals surface area contributed by atoms with Crippen LogP contribution in [0.4, 0.5) is 0 Å². The third kappa shape index (κ3) is 2.94. The van der Waals surface area contributed by atoms with Crippen LogP contribution in [0.25, 0.3) is 0 Å². The Morgan fingerprint density at radius 1 is 1.15 bits per heavy atom. The fourth-order valence-corrected chi connectivity index (χ4v) is 1.77. The molecule has 4 heteroatoms. The molecule has 1 aromatic rings. The third-order valence-corrected chi connectivity index (χ3v) is 2.13. The molecule has 0 bridgehead atoms. The molecule has 0 aliphatic heterocycles. The molecule has 0 unspecified atom stereocenters. The Morgan fingerprint density at radius 3 is 2.15 bits per heavy atom. The van der Waals surface area contributed by atoms with E-state index in [4.69, 9.17) is 39.5 Å². The first-order valence-corrected chi connectivity index (χ1v) is 4.85. The van der Waals surface area contributed by atoms with Crippen molar-refractivity contribution in [3.05, 3.63) is 34.1 Å². The lowest BCUT2D eigenvalue weighted by Gasteiger charge is -2.08. The lowest BCUT2D eigenvalue weighted by Crippen LogP contribution is -1.96. The van der Waals surface area contributed by atoms with Gasteiger partial charge in [0.25, 0.3) is 0 Å². The molecular formula is C9H8Cl3O. The molecule has 0 aliphatic rings. The second-order valence-electron chi connectivity index (χ2n) is 2.40. The fraction of sp³-hybridized carbons (Fsp3) is 0.222. The van der Waals surface area contributed by atoms with Gasteiger partial charge in [0, 0.05) is 5.02 Å². The first kappa shape index (κ1) is 11.0. The van der Waals surface area contributed by atoms with Crippen LogP contribution < -0.4 is 4.74 Å². The highest BCUT2D eigenvalue weighted by Gasteiger charge is 2.08. The molecule has 0 saturated carbocycles. The fourth-order valence-electron chi connectivity index (χ4n) is 0.841. The average molecular weight is 239 g/mol. The maximum atomic E-state index is 5.86. The van der Waals surface area contributed by atoms with Gasteiger partial charge in [0.1, 0.15) is 0 Å². The Bertz CT molecular complexity index is 276. The summed E-state index contributed by atoms with van der Waals surface area (Å²) in [4.78, 5) is 0. The highest BCUT2D eigenvalue weighted by Crippen LogP contribution is 2.35. The van der Waals surface area contributed by atoms with Crippen molar-refractivity contribution in [2.75, 3.05) is 6.61 Å². The van der Waals surface area contributed by atoms with Gasteiger partial charge in [0.05, 0.1) is 16.7 Å². The molecule has 0 amide bonds. The zero-order chi connectivity index (χ0) is 9.84. The number of rotatable bonds is 3. The molecule has 0 saturated heterocycles. The van der Waals surface area contributed by atoms with Gasteiger partial charge in [0.2, 0.25) is 0 Å². The molecule has 1 rings (SSSR count). The minimum absolute atomic E-state index is 0.422. The van der Waals surface area contributed by atoms with Crippen LogP contribution in [-0.4, -0.2) is 6.61 Å². The normalized spacial score (nSPS) is 10.2. The van der Waals surface area contributed by atoms with Crippen LogP contribution in [0.3, 0.4) is 0 Å². The van der Waals surface area contributed by atoms with Gasteiger partial charge in [-0.1, -0.05) is 34.8 Å². The number of ether oxygens (including phenoxy) is 1. The summed E-state index contributed by atoms with van der Waals surface area (Å²) in [5, 5.41) is 1.34. The van der Waals surface area contributed by atoms with Gasteiger partial charge in [-0.25, -0.2) is 0 Å². The van der Waals surface area contributed by atoms with Crippen LogP contribution in [0, 0.1) is 6.92 Å². The smallest absolute Gasteiger partial charge is 0.156 e. The van der Waals surface area contributed by atoms with E-state index >= 15 is 0 Å². The standard InChI is InChI=1S/C9H8Cl3O/c1-2-3-13-9-7(11)4-6(10)5-8(9)12/h4-5H,1-3H2. The molecule has 13 heavy (non-hydrogen) atoms. The monoisotopic (exact) mass is 237 g/mol. The van der Waals surface area contributed by atoms with Crippen molar-refractivity contribution >= 4 is 34.8 Å². The summed E-state index contributed by atoms with van der Waals surface area (Å²) in [5.41, 5.74) is 0. The van der Waals surface area contributed by atoms with Crippen LogP contribution in [0.1, 0.15) is 6.42 Å². The molecule has 1 aromatic carbocycles. The predicted octanol–water partition coefficient (Wildman–Crippen LogP) is 4.25. The zero-order valence-corrected chi connectivity index (χ0v) is 9.09. The summed E-state index contributed by atoms with van der Waals surface area (Å²) in [6.45, 7) is 4.13. The van der Waals surface area contributed by atoms with Gasteiger partial charge in [-0.15, -0.1) is 0 Å². The summed E-state index contributed by atoms with van der Waals surface area (Å²) in [7, 11) is 0. The van der Waals surface area contributed by atoms with Gasteiger partial charge in [-0.2, -0.15) is 0 Å². The average Bonchev–Trinajstić information content (AvgIpc) is 2.02. The van der Waals surface area contributed by atoms with Crippen molar-refractivity contribution in [2.24, 2.45) is 0 Å². The Hall–Kier alpha value is -0.110. The number of hydrogen-bond acceptors (Lipinski definition) is 1. The van der Waals surface area contributed by atoms with Gasteiger partial charge in [-0.3, -0.25) is 0 Å². The molecule has 0 fully saturated rings. The Labute approximate surface area is 92.5 Å². The van der Waals surface area contributed by atoms with E-state index in [1.807, 2.05) is 0 Å². The van der Waals surface area contributed by atoms with Crippen molar-refractivity contribution in [1.29, 1.82) is 0 Å². The molecule has 1 radical (unpaired) electrons. The minimum Gasteiger partial charge on any atom is -0.490 e. The highest BCUT2D eigenvalue weighted by atomic mass is 35.5. The van der Waals surface area contributed by atoms with Crippen LogP contribution in [0.15, 0.2) is 12.1 Å². The molecule has 0 heterocycles. The van der Waals surface area contributed by atoms with E-state index in [0.717, 1.165) is 0 Å². The maximum absolute atomic E-state index is 5.86. The van der Waals surface area contributed by atoms with E-state index in [9.17, 15) is 0 Å². The minimum atomic E-state index is 0.422. The van der Waals surface area contributed by atoms with E-state index < -0.39 is 0 Å². The molecule has 0 spiro atoms. The van der Waals surface area contributed by atoms with E-state index in [1.54, 1.807) is 12.1 Å². The summed E-state index contributed by atoms with van der Waals surface area (Å²) < 4.78 is 5.29. The van der Waals surface area contributed by atoms with Crippen LogP contribution >= 0.6 is 34.8 Å². The first-order chi connectivity index (χ1) is 6.15. The summed E-state index contributed by atoms with van der Waals surface area (Å²) in [5.74, 6) is 0.469. The largest absolute Gasteiger partial charge is 0.490 e. The molecule has 1 nitrogen and oxygen atoms in total. The zero-order valence-electron chi connectivity index (χ0n) is 6.82. The van der Waals surface area contributed by atoms with E-state index in [0.29, 0.717) is 33.8 Å². The predicted molar refractivity (Wildman–Crippen MR) is 56.9 cm³/mol. The van der Waals surface area contributed by atoms with Crippen molar-refractivity contribution < 1.29 is 4.74 Å². The first-order valence-electron chi connectivity index (χ1n) is 3.71. The molecule has 0 atom stereocenters. The lowest BCUT2D eigenvalue weighted by molar-refractivity contribution is 0.324. The Balaban J connectivity index is 2.92. The van der Waals surface area contributed by atoms with Gasteiger partial charge >= 0.3 is 0 Å². The highest BCUT2D eigenvalue weighted by molar-refractivity contribution is 6.40. The van der Waals surface area contributed by atoms with Gasteiger partial charge in [0.15, 0.2) is 5.75 Å². The maximum Gasteiger partial charge on any atom is 0.156 e. The summed E-state index contributed by atoms with van der Waals surface area (Å²) >= 11 is 17.4. The molecule has 0 aromatic heterocycles. The SMILES string of the molecule is [CH2]CCOc1c(Cl)cc(Cl)cc1Cl. The molecule has 0 aliphatic carbocycles. The topological polar surface area (TPSA) is 9.23 Å². The third-order valence-electron chi connectivity index (χ3n) is 1.35. The molecule has 0 N–H and O–H groups in total. The van der Waals surface area contributed by atoms with Crippen LogP contribution in [-0.2, 0) is 0 Å². The second-order valence-corrected chi connectivity index (χ2v) is 3.65. The van der Waals surface area contributed by atoms with E-state index in [-0.39, 0.29) is 0 Å². The van der Waals surface area contributed by atoms with Crippen molar-refractivity contribution in [1.82, 2.24) is 0 Å². The quantitative estimate of drug-likeness (QED) is 0.765. The van der Waals surface area contributed by atoms with Gasteiger partial charge in [-0.05, 0) is 25.5 Å². The Morgan fingerprint density at radius 2 is 1.69 bits per heavy atom. The molecule has 71 valence electrons. The van der Waals surface area contributed by atoms with Crippen molar-refractivity contribution in [2.45, 2.75) is 6.42 Å². The summed E-state index contributed by atoms with van der Waals surface area (Å²) in [6.07, 6.45) is 0.662. The molecular weight excluding hydrogens is 230 g/mol. The summed E-state index contributed by atoms with van der Waals surface area (Å²) in [6, 6.07) is 3.18. The second kappa shape index (κ2) is 4.94. The van der Waals surface area contributed by atoms with Gasteiger partial charge < -0.3 is 4.74 Å². The van der Waals surface area contributed by atoms with Crippen LogP contribution in [0.2, 0.25) is 15.1 Å². The van der Waals surface area contributed by atoms with Crippen LogP contribution in [0.5, 0.6) is 5.75 Å². The number of halogens is 3. The number of benzene rings is 1. The lowest BCUT2D eigenvalue weighted by atomic mass is 10.3. The Kier molecular flexibility index (Phi) is 4.17. The van der Waals surface area contributed by atoms with E-state index in [2.05, 4.69) is 6.92 Å².